The molecule has 0 bridgehead atoms. The van der Waals surface area contributed by atoms with Crippen molar-refractivity contribution in [1.82, 2.24) is 0 Å². The second-order valence-electron chi connectivity index (χ2n) is 7.10. The van der Waals surface area contributed by atoms with E-state index in [1.54, 1.807) is 72.9 Å². The van der Waals surface area contributed by atoms with E-state index in [0.717, 1.165) is 3.57 Å². The van der Waals surface area contributed by atoms with Gasteiger partial charge in [0.05, 0.1) is 0 Å². The minimum atomic E-state index is -2.90. The fraction of sp³-hybridized carbons (Fsp3) is 0.529. The van der Waals surface area contributed by atoms with Crippen molar-refractivity contribution in [3.63, 3.8) is 0 Å². The van der Waals surface area contributed by atoms with Gasteiger partial charge in [0, 0.05) is 0 Å². The Morgan fingerprint density at radius 2 is 1.22 bits per heavy atom. The van der Waals surface area contributed by atoms with Crippen LogP contribution >= 0.6 is 20.6 Å². The molecule has 23 heavy (non-hydrogen) atoms. The Morgan fingerprint density at radius 3 is 1.52 bits per heavy atom. The summed E-state index contributed by atoms with van der Waals surface area (Å²) in [5.41, 5.74) is -1.31. The summed E-state index contributed by atoms with van der Waals surface area (Å²) in [7, 11) is 1.57. The first-order chi connectivity index (χ1) is 10.4. The summed E-state index contributed by atoms with van der Waals surface area (Å²) in [4.78, 5) is 24.4. The van der Waals surface area contributed by atoms with Crippen molar-refractivity contribution in [2.45, 2.75) is 41.5 Å². The minimum absolute atomic E-state index is 0.375. The number of hydrogen-bond donors (Lipinski definition) is 0. The zero-order valence-corrected chi connectivity index (χ0v) is 16.9. The van der Waals surface area contributed by atoms with Gasteiger partial charge < -0.3 is 0 Å². The molecule has 0 unspecified atom stereocenters. The third-order valence-electron chi connectivity index (χ3n) is 2.73. The van der Waals surface area contributed by atoms with Crippen LogP contribution in [0, 0.1) is 14.4 Å². The van der Waals surface area contributed by atoms with Gasteiger partial charge >= 0.3 is 146 Å². The van der Waals surface area contributed by atoms with E-state index in [1.807, 2.05) is 0 Å². The van der Waals surface area contributed by atoms with Gasteiger partial charge in [-0.1, -0.05) is 0 Å². The third-order valence-corrected chi connectivity index (χ3v) is 6.07. The molecular formula is C17H25IO5. The molecule has 0 aliphatic carbocycles. The van der Waals surface area contributed by atoms with E-state index in [4.69, 9.17) is 10.9 Å². The van der Waals surface area contributed by atoms with Crippen LogP contribution in [0.2, 0.25) is 0 Å². The molecule has 0 N–H and O–H groups in total. The molecule has 0 aliphatic rings. The molecule has 0 fully saturated rings. The second-order valence-corrected chi connectivity index (χ2v) is 10.5. The van der Waals surface area contributed by atoms with Gasteiger partial charge in [0.15, 0.2) is 0 Å². The van der Waals surface area contributed by atoms with Crippen LogP contribution in [-0.4, -0.2) is 19.0 Å². The van der Waals surface area contributed by atoms with E-state index >= 15 is 0 Å². The Labute approximate surface area is 146 Å². The van der Waals surface area contributed by atoms with Gasteiger partial charge in [0.25, 0.3) is 0 Å². The van der Waals surface area contributed by atoms with Crippen LogP contribution < -0.4 is 4.74 Å². The Morgan fingerprint density at radius 1 is 0.826 bits per heavy atom. The molecule has 6 heteroatoms. The Kier molecular flexibility index (Phi) is 6.44. The third kappa shape index (κ3) is 6.01. The topological polar surface area (TPSA) is 61.8 Å². The fourth-order valence-electron chi connectivity index (χ4n) is 1.14. The normalized spacial score (nSPS) is 12.4. The van der Waals surface area contributed by atoms with Crippen LogP contribution in [0.3, 0.4) is 0 Å². The molecule has 0 aromatic heterocycles. The van der Waals surface area contributed by atoms with Gasteiger partial charge in [0.1, 0.15) is 0 Å². The molecule has 0 saturated heterocycles. The molecule has 1 aromatic carbocycles. The molecule has 0 atom stereocenters. The zero-order valence-electron chi connectivity index (χ0n) is 14.7. The number of ether oxygens (including phenoxy) is 1. The van der Waals surface area contributed by atoms with Gasteiger partial charge in [-0.2, -0.15) is 0 Å². The molecule has 5 nitrogen and oxygen atoms in total. The molecular weight excluding hydrogens is 411 g/mol. The Hall–Kier alpha value is -1.31. The summed E-state index contributed by atoms with van der Waals surface area (Å²) in [5, 5.41) is 0. The maximum absolute atomic E-state index is 12.2. The predicted molar refractivity (Wildman–Crippen MR) is 96.8 cm³/mol. The van der Waals surface area contributed by atoms with Crippen LogP contribution in [0.25, 0.3) is 0 Å². The summed E-state index contributed by atoms with van der Waals surface area (Å²) in [6.45, 7) is 10.6. The van der Waals surface area contributed by atoms with Gasteiger partial charge in [0.2, 0.25) is 0 Å². The predicted octanol–water partition coefficient (Wildman–Crippen LogP) is 4.38. The van der Waals surface area contributed by atoms with Gasteiger partial charge in [-0.15, -0.1) is 0 Å². The van der Waals surface area contributed by atoms with Crippen molar-refractivity contribution in [3.8, 4) is 5.75 Å². The molecule has 0 saturated carbocycles. The van der Waals surface area contributed by atoms with E-state index in [0.29, 0.717) is 5.75 Å². The Bertz CT molecular complexity index is 524. The fourth-order valence-corrected chi connectivity index (χ4v) is 4.73. The number of carbonyl (C=O) groups excluding carboxylic acids is 2. The van der Waals surface area contributed by atoms with Crippen LogP contribution in [0.5, 0.6) is 5.75 Å². The van der Waals surface area contributed by atoms with Crippen molar-refractivity contribution in [3.05, 3.63) is 27.8 Å². The number of benzene rings is 1. The molecule has 1 rings (SSSR count). The number of halogens is 1. The van der Waals surface area contributed by atoms with Crippen molar-refractivity contribution in [2.24, 2.45) is 10.8 Å². The van der Waals surface area contributed by atoms with E-state index in [-0.39, 0.29) is 11.9 Å². The molecule has 0 aliphatic heterocycles. The summed E-state index contributed by atoms with van der Waals surface area (Å²) >= 11 is -2.90. The molecule has 130 valence electrons. The molecule has 0 amide bonds. The van der Waals surface area contributed by atoms with E-state index in [9.17, 15) is 9.59 Å². The first-order valence-electron chi connectivity index (χ1n) is 7.25. The summed E-state index contributed by atoms with van der Waals surface area (Å²) < 4.78 is 17.0. The van der Waals surface area contributed by atoms with E-state index < -0.39 is 31.5 Å². The second kappa shape index (κ2) is 7.51. The first kappa shape index (κ1) is 19.7. The summed E-state index contributed by atoms with van der Waals surface area (Å²) in [6, 6.07) is 7.07. The number of methoxy groups -OCH3 is 1. The van der Waals surface area contributed by atoms with Crippen molar-refractivity contribution < 1.29 is 20.5 Å². The molecule has 0 spiro atoms. The molecule has 0 radical (unpaired) electrons. The average Bonchev–Trinajstić information content (AvgIpc) is 2.44. The van der Waals surface area contributed by atoms with Gasteiger partial charge in [-0.3, -0.25) is 0 Å². The van der Waals surface area contributed by atoms with Crippen LogP contribution in [0.1, 0.15) is 41.5 Å². The van der Waals surface area contributed by atoms with Crippen LogP contribution in [-0.2, 0) is 15.7 Å². The SMILES string of the molecule is COc1ccc(I(OC(=O)C(C)(C)C)OC(=O)C(C)(C)C)cc1. The average molecular weight is 436 g/mol. The van der Waals surface area contributed by atoms with Crippen molar-refractivity contribution in [1.29, 1.82) is 0 Å². The van der Waals surface area contributed by atoms with Crippen LogP contribution in [0.4, 0.5) is 0 Å². The van der Waals surface area contributed by atoms with Crippen LogP contribution in [0.15, 0.2) is 24.3 Å². The monoisotopic (exact) mass is 436 g/mol. The van der Waals surface area contributed by atoms with Crippen molar-refractivity contribution in [2.75, 3.05) is 7.11 Å². The first-order valence-corrected chi connectivity index (χ1v) is 10.1. The van der Waals surface area contributed by atoms with E-state index in [1.165, 1.54) is 0 Å². The summed E-state index contributed by atoms with van der Waals surface area (Å²) in [5.74, 6) is -0.0608. The molecule has 1 aromatic rings. The number of hydrogen-bond acceptors (Lipinski definition) is 5. The standard InChI is InChI=1S/C17H25IO5/c1-16(2,3)14(19)22-18(23-15(20)17(4,5)6)12-8-10-13(21-7)11-9-12/h8-11H,1-7H3. The van der Waals surface area contributed by atoms with Crippen molar-refractivity contribution >= 4 is 32.6 Å². The number of carbonyl (C=O) groups is 2. The summed E-state index contributed by atoms with van der Waals surface area (Å²) in [6.07, 6.45) is 0. The Balaban J connectivity index is 3.04. The zero-order chi connectivity index (χ0) is 17.8. The van der Waals surface area contributed by atoms with Gasteiger partial charge in [-0.25, -0.2) is 0 Å². The van der Waals surface area contributed by atoms with Gasteiger partial charge in [-0.05, 0) is 0 Å². The number of rotatable bonds is 4. The van der Waals surface area contributed by atoms with E-state index in [2.05, 4.69) is 0 Å². The maximum atomic E-state index is 12.2. The quantitative estimate of drug-likeness (QED) is 0.656. The molecule has 0 heterocycles.